The number of amides is 1. The molecule has 0 atom stereocenters. The highest BCUT2D eigenvalue weighted by Gasteiger charge is 2.20. The number of carbonyl (C=O) groups is 2. The number of nitrogens with one attached hydrogen (secondary N) is 1. The zero-order valence-corrected chi connectivity index (χ0v) is 14.4. The molecule has 0 saturated heterocycles. The molecule has 4 rings (SSSR count). The Balaban J connectivity index is 1.58. The molecule has 1 aliphatic carbocycles. The average Bonchev–Trinajstić information content (AvgIpc) is 3.05. The second-order valence-corrected chi connectivity index (χ2v) is 6.66. The normalized spacial score (nSPS) is 13.4. The highest BCUT2D eigenvalue weighted by molar-refractivity contribution is 6.04. The molecule has 3 aromatic rings. The molecule has 2 aromatic carbocycles. The lowest BCUT2D eigenvalue weighted by Gasteiger charge is -2.10. The van der Waals surface area contributed by atoms with Crippen LogP contribution in [-0.2, 0) is 24.2 Å². The molecule has 1 aliphatic rings. The molecular formula is C21H20N2O3. The standard InChI is InChI=1S/C21H20N2O3/c22-20(24)14-6-3-5-13(11-14)12-26-21(25)17-9-4-8-16-15-7-1-2-10-18(15)23-19(16)17/h3-6,8-9,11,23H,1-2,7,10,12H2,(H2,22,24). The summed E-state index contributed by atoms with van der Waals surface area (Å²) in [4.78, 5) is 27.3. The van der Waals surface area contributed by atoms with Gasteiger partial charge in [0.1, 0.15) is 6.61 Å². The van der Waals surface area contributed by atoms with Crippen molar-refractivity contribution < 1.29 is 14.3 Å². The second kappa shape index (κ2) is 6.67. The third-order valence-corrected chi connectivity index (χ3v) is 4.93. The molecule has 0 fully saturated rings. The number of aromatic amines is 1. The number of aromatic nitrogens is 1. The summed E-state index contributed by atoms with van der Waals surface area (Å²) in [6.45, 7) is 0.0940. The molecule has 3 N–H and O–H groups in total. The Labute approximate surface area is 151 Å². The molecule has 5 heteroatoms. The summed E-state index contributed by atoms with van der Waals surface area (Å²) in [6, 6.07) is 12.5. The number of hydrogen-bond donors (Lipinski definition) is 2. The third-order valence-electron chi connectivity index (χ3n) is 4.93. The third kappa shape index (κ3) is 2.96. The maximum Gasteiger partial charge on any atom is 0.340 e. The minimum Gasteiger partial charge on any atom is -0.457 e. The molecular weight excluding hydrogens is 328 g/mol. The van der Waals surface area contributed by atoms with Crippen molar-refractivity contribution in [2.75, 3.05) is 0 Å². The van der Waals surface area contributed by atoms with E-state index in [1.165, 1.54) is 24.1 Å². The molecule has 0 aliphatic heterocycles. The lowest BCUT2D eigenvalue weighted by molar-refractivity contribution is 0.0475. The van der Waals surface area contributed by atoms with Crippen LogP contribution in [0.5, 0.6) is 0 Å². The summed E-state index contributed by atoms with van der Waals surface area (Å²) in [7, 11) is 0. The van der Waals surface area contributed by atoms with Gasteiger partial charge in [-0.2, -0.15) is 0 Å². The summed E-state index contributed by atoms with van der Waals surface area (Å²) in [5.41, 5.74) is 10.4. The number of primary amides is 1. The SMILES string of the molecule is NC(=O)c1cccc(COC(=O)c2cccc3c4c([nH]c23)CCCC4)c1. The van der Waals surface area contributed by atoms with Crippen LogP contribution in [0.15, 0.2) is 42.5 Å². The van der Waals surface area contributed by atoms with Crippen LogP contribution in [0.2, 0.25) is 0 Å². The Morgan fingerprint density at radius 1 is 1.08 bits per heavy atom. The Kier molecular flexibility index (Phi) is 4.21. The van der Waals surface area contributed by atoms with Crippen molar-refractivity contribution in [1.29, 1.82) is 0 Å². The number of rotatable bonds is 4. The van der Waals surface area contributed by atoms with Crippen molar-refractivity contribution >= 4 is 22.8 Å². The Bertz CT molecular complexity index is 1000. The van der Waals surface area contributed by atoms with E-state index in [-0.39, 0.29) is 12.6 Å². The average molecular weight is 348 g/mol. The fourth-order valence-electron chi connectivity index (χ4n) is 3.64. The summed E-state index contributed by atoms with van der Waals surface area (Å²) in [5.74, 6) is -0.876. The number of nitrogens with two attached hydrogens (primary N) is 1. The molecule has 1 heterocycles. The minimum absolute atomic E-state index is 0.0940. The van der Waals surface area contributed by atoms with Gasteiger partial charge in [0.05, 0.1) is 11.1 Å². The van der Waals surface area contributed by atoms with Gasteiger partial charge in [-0.15, -0.1) is 0 Å². The van der Waals surface area contributed by atoms with Gasteiger partial charge in [-0.05, 0) is 55.0 Å². The van der Waals surface area contributed by atoms with E-state index in [2.05, 4.69) is 11.1 Å². The number of fused-ring (bicyclic) bond motifs is 3. The molecule has 0 bridgehead atoms. The quantitative estimate of drug-likeness (QED) is 0.708. The van der Waals surface area contributed by atoms with E-state index in [1.54, 1.807) is 30.3 Å². The number of carbonyl (C=O) groups excluding carboxylic acids is 2. The van der Waals surface area contributed by atoms with Crippen molar-refractivity contribution in [2.45, 2.75) is 32.3 Å². The van der Waals surface area contributed by atoms with Gasteiger partial charge in [0.25, 0.3) is 0 Å². The Morgan fingerprint density at radius 3 is 2.73 bits per heavy atom. The van der Waals surface area contributed by atoms with Crippen LogP contribution in [0.1, 0.15) is 50.4 Å². The van der Waals surface area contributed by atoms with Gasteiger partial charge in [0.15, 0.2) is 0 Å². The van der Waals surface area contributed by atoms with E-state index < -0.39 is 5.91 Å². The van der Waals surface area contributed by atoms with E-state index >= 15 is 0 Å². The van der Waals surface area contributed by atoms with Crippen molar-refractivity contribution in [2.24, 2.45) is 5.73 Å². The van der Waals surface area contributed by atoms with Crippen molar-refractivity contribution in [3.05, 3.63) is 70.4 Å². The molecule has 1 aromatic heterocycles. The van der Waals surface area contributed by atoms with E-state index in [9.17, 15) is 9.59 Å². The molecule has 0 radical (unpaired) electrons. The molecule has 1 amide bonds. The molecule has 132 valence electrons. The van der Waals surface area contributed by atoms with Gasteiger partial charge in [0, 0.05) is 16.6 Å². The fourth-order valence-corrected chi connectivity index (χ4v) is 3.64. The minimum atomic E-state index is -0.500. The number of hydrogen-bond acceptors (Lipinski definition) is 3. The second-order valence-electron chi connectivity index (χ2n) is 6.66. The lowest BCUT2D eigenvalue weighted by atomic mass is 9.95. The summed E-state index contributed by atoms with van der Waals surface area (Å²) in [5, 5.41) is 1.12. The zero-order chi connectivity index (χ0) is 18.1. The summed E-state index contributed by atoms with van der Waals surface area (Å²) < 4.78 is 5.48. The van der Waals surface area contributed by atoms with Crippen LogP contribution >= 0.6 is 0 Å². The number of aryl methyl sites for hydroxylation is 2. The Hall–Kier alpha value is -3.08. The molecule has 5 nitrogen and oxygen atoms in total. The van der Waals surface area contributed by atoms with E-state index in [1.807, 2.05) is 6.07 Å². The smallest absolute Gasteiger partial charge is 0.340 e. The van der Waals surface area contributed by atoms with E-state index in [0.717, 1.165) is 29.3 Å². The first-order chi connectivity index (χ1) is 12.6. The predicted molar refractivity (Wildman–Crippen MR) is 99.0 cm³/mol. The van der Waals surface area contributed by atoms with Crippen LogP contribution in [0, 0.1) is 0 Å². The fraction of sp³-hybridized carbons (Fsp3) is 0.238. The monoisotopic (exact) mass is 348 g/mol. The summed E-state index contributed by atoms with van der Waals surface area (Å²) >= 11 is 0. The number of esters is 1. The lowest BCUT2D eigenvalue weighted by Crippen LogP contribution is -2.11. The van der Waals surface area contributed by atoms with Crippen molar-refractivity contribution in [1.82, 2.24) is 4.98 Å². The van der Waals surface area contributed by atoms with Gasteiger partial charge in [0.2, 0.25) is 5.91 Å². The van der Waals surface area contributed by atoms with E-state index in [4.69, 9.17) is 10.5 Å². The zero-order valence-electron chi connectivity index (χ0n) is 14.4. The van der Waals surface area contributed by atoms with Crippen LogP contribution in [0.4, 0.5) is 0 Å². The highest BCUT2D eigenvalue weighted by atomic mass is 16.5. The first kappa shape index (κ1) is 16.4. The molecule has 26 heavy (non-hydrogen) atoms. The topological polar surface area (TPSA) is 85.2 Å². The van der Waals surface area contributed by atoms with Gasteiger partial charge < -0.3 is 15.5 Å². The van der Waals surface area contributed by atoms with Gasteiger partial charge in [-0.25, -0.2) is 4.79 Å². The maximum absolute atomic E-state index is 12.6. The predicted octanol–water partition coefficient (Wildman–Crippen LogP) is 3.50. The molecule has 0 unspecified atom stereocenters. The van der Waals surface area contributed by atoms with Gasteiger partial charge in [-0.1, -0.05) is 24.3 Å². The van der Waals surface area contributed by atoms with Gasteiger partial charge >= 0.3 is 5.97 Å². The number of para-hydroxylation sites is 1. The maximum atomic E-state index is 12.6. The van der Waals surface area contributed by atoms with Crippen LogP contribution in [0.3, 0.4) is 0 Å². The number of ether oxygens (including phenoxy) is 1. The van der Waals surface area contributed by atoms with Crippen molar-refractivity contribution in [3.63, 3.8) is 0 Å². The van der Waals surface area contributed by atoms with Gasteiger partial charge in [-0.3, -0.25) is 4.79 Å². The molecule has 0 saturated carbocycles. The van der Waals surface area contributed by atoms with Crippen LogP contribution in [0.25, 0.3) is 10.9 Å². The van der Waals surface area contributed by atoms with E-state index in [0.29, 0.717) is 11.1 Å². The highest BCUT2D eigenvalue weighted by Crippen LogP contribution is 2.31. The first-order valence-electron chi connectivity index (χ1n) is 8.82. The van der Waals surface area contributed by atoms with Crippen LogP contribution in [-0.4, -0.2) is 16.9 Å². The van der Waals surface area contributed by atoms with Crippen molar-refractivity contribution in [3.8, 4) is 0 Å². The number of H-pyrrole nitrogens is 1. The first-order valence-corrected chi connectivity index (χ1v) is 8.82. The Morgan fingerprint density at radius 2 is 1.88 bits per heavy atom. The molecule has 0 spiro atoms. The van der Waals surface area contributed by atoms with Crippen LogP contribution < -0.4 is 5.73 Å². The number of benzene rings is 2. The summed E-state index contributed by atoms with van der Waals surface area (Å²) in [6.07, 6.45) is 4.44. The largest absolute Gasteiger partial charge is 0.457 e.